The number of hydrogen-bond donors (Lipinski definition) is 2. The summed E-state index contributed by atoms with van der Waals surface area (Å²) in [6, 6.07) is 7.43. The molecule has 0 aromatic heterocycles. The first-order valence-corrected chi connectivity index (χ1v) is 6.16. The van der Waals surface area contributed by atoms with Crippen LogP contribution in [0.15, 0.2) is 36.4 Å². The molecule has 1 aromatic rings. The van der Waals surface area contributed by atoms with Gasteiger partial charge >= 0.3 is 0 Å². The van der Waals surface area contributed by atoms with Crippen LogP contribution in [-0.2, 0) is 5.41 Å². The van der Waals surface area contributed by atoms with Crippen LogP contribution in [0, 0.1) is 5.92 Å². The Labute approximate surface area is 103 Å². The number of phenols is 1. The summed E-state index contributed by atoms with van der Waals surface area (Å²) in [5.41, 5.74) is 1.26. The van der Waals surface area contributed by atoms with Crippen molar-refractivity contribution >= 4 is 0 Å². The Morgan fingerprint density at radius 3 is 2.24 bits per heavy atom. The van der Waals surface area contributed by atoms with E-state index < -0.39 is 0 Å². The van der Waals surface area contributed by atoms with Gasteiger partial charge in [0.2, 0.25) is 0 Å². The molecule has 0 heterocycles. The van der Waals surface area contributed by atoms with Gasteiger partial charge in [-0.2, -0.15) is 0 Å². The Morgan fingerprint density at radius 1 is 1.06 bits per heavy atom. The van der Waals surface area contributed by atoms with Gasteiger partial charge in [-0.05, 0) is 41.9 Å². The Bertz CT molecular complexity index is 403. The van der Waals surface area contributed by atoms with E-state index in [1.54, 1.807) is 12.1 Å². The van der Waals surface area contributed by atoms with Crippen LogP contribution in [0.2, 0.25) is 0 Å². The fourth-order valence-corrected chi connectivity index (χ4v) is 2.51. The molecule has 1 aromatic carbocycles. The monoisotopic (exact) mass is 232 g/mol. The maximum atomic E-state index is 9.48. The highest BCUT2D eigenvalue weighted by atomic mass is 16.3. The van der Waals surface area contributed by atoms with Crippen LogP contribution in [0.3, 0.4) is 0 Å². The van der Waals surface area contributed by atoms with Gasteiger partial charge in [0.15, 0.2) is 0 Å². The molecular formula is C15H20O2. The van der Waals surface area contributed by atoms with Gasteiger partial charge in [-0.1, -0.05) is 38.1 Å². The molecule has 0 aliphatic heterocycles. The van der Waals surface area contributed by atoms with Crippen LogP contribution in [0.4, 0.5) is 0 Å². The van der Waals surface area contributed by atoms with Crippen molar-refractivity contribution < 1.29 is 10.2 Å². The molecule has 92 valence electrons. The highest BCUT2D eigenvalue weighted by Gasteiger charge is 2.31. The highest BCUT2D eigenvalue weighted by molar-refractivity contribution is 5.32. The predicted octanol–water partition coefficient (Wildman–Crippen LogP) is 3.00. The molecule has 0 radical (unpaired) electrons. The number of phenolic OH excluding ortho intramolecular Hbond substituents is 1. The lowest BCUT2D eigenvalue weighted by atomic mass is 9.69. The number of benzene rings is 1. The molecule has 2 rings (SSSR count). The van der Waals surface area contributed by atoms with Crippen LogP contribution in [-0.4, -0.2) is 16.3 Å². The molecule has 2 N–H and O–H groups in total. The summed E-state index contributed by atoms with van der Waals surface area (Å²) in [5, 5.41) is 18.8. The number of allylic oxidation sites excluding steroid dienone is 1. The third kappa shape index (κ3) is 2.52. The summed E-state index contributed by atoms with van der Waals surface area (Å²) < 4.78 is 0. The predicted molar refractivity (Wildman–Crippen MR) is 69.0 cm³/mol. The third-order valence-corrected chi connectivity index (χ3v) is 3.88. The zero-order valence-electron chi connectivity index (χ0n) is 10.4. The fraction of sp³-hybridized carbons (Fsp3) is 0.467. The third-order valence-electron chi connectivity index (χ3n) is 3.88. The Balaban J connectivity index is 2.23. The maximum absolute atomic E-state index is 9.48. The van der Waals surface area contributed by atoms with E-state index in [4.69, 9.17) is 0 Å². The van der Waals surface area contributed by atoms with Gasteiger partial charge in [0.1, 0.15) is 5.75 Å². The molecular weight excluding hydrogens is 212 g/mol. The van der Waals surface area contributed by atoms with Gasteiger partial charge in [-0.3, -0.25) is 0 Å². The summed E-state index contributed by atoms with van der Waals surface area (Å²) in [7, 11) is 0. The van der Waals surface area contributed by atoms with Crippen molar-refractivity contribution in [2.45, 2.75) is 38.2 Å². The van der Waals surface area contributed by atoms with E-state index in [9.17, 15) is 10.2 Å². The lowest BCUT2D eigenvalue weighted by molar-refractivity contribution is 0.182. The van der Waals surface area contributed by atoms with Gasteiger partial charge in [0, 0.05) is 0 Å². The Hall–Kier alpha value is -1.28. The number of aromatic hydroxyl groups is 1. The average Bonchev–Trinajstić information content (AvgIpc) is 2.30. The normalized spacial score (nSPS) is 24.9. The largest absolute Gasteiger partial charge is 0.508 e. The van der Waals surface area contributed by atoms with E-state index in [1.165, 1.54) is 5.56 Å². The van der Waals surface area contributed by atoms with Gasteiger partial charge in [0.25, 0.3) is 0 Å². The summed E-state index contributed by atoms with van der Waals surface area (Å²) in [5.74, 6) is 0.745. The van der Waals surface area contributed by atoms with Crippen molar-refractivity contribution in [1.82, 2.24) is 0 Å². The van der Waals surface area contributed by atoms with Crippen LogP contribution >= 0.6 is 0 Å². The Morgan fingerprint density at radius 2 is 1.71 bits per heavy atom. The zero-order valence-corrected chi connectivity index (χ0v) is 10.4. The van der Waals surface area contributed by atoms with Crippen molar-refractivity contribution in [2.24, 2.45) is 5.92 Å². The Kier molecular flexibility index (Phi) is 3.25. The second-order valence-electron chi connectivity index (χ2n) is 5.40. The minimum absolute atomic E-state index is 0.0321. The van der Waals surface area contributed by atoms with E-state index in [0.717, 1.165) is 12.8 Å². The van der Waals surface area contributed by atoms with E-state index in [-0.39, 0.29) is 11.5 Å². The van der Waals surface area contributed by atoms with E-state index in [2.05, 4.69) is 19.9 Å². The molecule has 1 aliphatic carbocycles. The molecule has 0 saturated carbocycles. The van der Waals surface area contributed by atoms with Gasteiger partial charge in [-0.15, -0.1) is 0 Å². The van der Waals surface area contributed by atoms with Crippen molar-refractivity contribution in [3.8, 4) is 5.75 Å². The first-order chi connectivity index (χ1) is 8.00. The molecule has 2 heteroatoms. The van der Waals surface area contributed by atoms with Crippen LogP contribution < -0.4 is 0 Å². The smallest absolute Gasteiger partial charge is 0.115 e. The lowest BCUT2D eigenvalue weighted by Gasteiger charge is -2.35. The molecule has 0 amide bonds. The standard InChI is InChI=1S/C15H20O2/c1-15(2,11-3-7-13(16)8-4-11)12-5-9-14(17)10-6-12/h3-5,7-9,12,14,16-17H,6,10H2,1-2H3. The number of hydrogen-bond acceptors (Lipinski definition) is 2. The van der Waals surface area contributed by atoms with Crippen molar-refractivity contribution in [2.75, 3.05) is 0 Å². The summed E-state index contributed by atoms with van der Waals surface area (Å²) in [4.78, 5) is 0. The summed E-state index contributed by atoms with van der Waals surface area (Å²) in [6.07, 6.45) is 5.59. The first kappa shape index (κ1) is 12.2. The molecule has 0 saturated heterocycles. The van der Waals surface area contributed by atoms with Crippen LogP contribution in [0.25, 0.3) is 0 Å². The molecule has 0 fully saturated rings. The minimum atomic E-state index is -0.276. The first-order valence-electron chi connectivity index (χ1n) is 6.16. The second-order valence-corrected chi connectivity index (χ2v) is 5.40. The average molecular weight is 232 g/mol. The fourth-order valence-electron chi connectivity index (χ4n) is 2.51. The SMILES string of the molecule is CC(C)(c1ccc(O)cc1)C1C=CC(O)CC1. The number of aliphatic hydroxyl groups excluding tert-OH is 1. The molecule has 2 nitrogen and oxygen atoms in total. The minimum Gasteiger partial charge on any atom is -0.508 e. The van der Waals surface area contributed by atoms with Crippen LogP contribution in [0.1, 0.15) is 32.3 Å². The van der Waals surface area contributed by atoms with Crippen molar-refractivity contribution in [3.05, 3.63) is 42.0 Å². The number of aliphatic hydroxyl groups is 1. The molecule has 1 aliphatic rings. The summed E-state index contributed by atoms with van der Waals surface area (Å²) >= 11 is 0. The van der Waals surface area contributed by atoms with Crippen molar-refractivity contribution in [1.29, 1.82) is 0 Å². The van der Waals surface area contributed by atoms with Gasteiger partial charge in [-0.25, -0.2) is 0 Å². The van der Waals surface area contributed by atoms with Crippen LogP contribution in [0.5, 0.6) is 5.75 Å². The molecule has 0 bridgehead atoms. The topological polar surface area (TPSA) is 40.5 Å². The molecule has 2 atom stereocenters. The molecule has 0 spiro atoms. The van der Waals surface area contributed by atoms with Gasteiger partial charge in [0.05, 0.1) is 6.10 Å². The number of rotatable bonds is 2. The lowest BCUT2D eigenvalue weighted by Crippen LogP contribution is -2.30. The quantitative estimate of drug-likeness (QED) is 0.769. The second kappa shape index (κ2) is 4.53. The van der Waals surface area contributed by atoms with E-state index in [0.29, 0.717) is 11.7 Å². The highest BCUT2D eigenvalue weighted by Crippen LogP contribution is 2.38. The van der Waals surface area contributed by atoms with E-state index >= 15 is 0 Å². The molecule has 2 unspecified atom stereocenters. The van der Waals surface area contributed by atoms with Gasteiger partial charge < -0.3 is 10.2 Å². The van der Waals surface area contributed by atoms with Crippen molar-refractivity contribution in [3.63, 3.8) is 0 Å². The molecule has 17 heavy (non-hydrogen) atoms. The summed E-state index contributed by atoms with van der Waals surface area (Å²) in [6.45, 7) is 4.43. The maximum Gasteiger partial charge on any atom is 0.115 e. The zero-order chi connectivity index (χ0) is 12.5. The van der Waals surface area contributed by atoms with E-state index in [1.807, 2.05) is 18.2 Å².